The summed E-state index contributed by atoms with van der Waals surface area (Å²) >= 11 is 11.6. The van der Waals surface area contributed by atoms with Crippen molar-refractivity contribution >= 4 is 23.2 Å². The maximum Gasteiger partial charge on any atom is 0.387 e. The van der Waals surface area contributed by atoms with Crippen molar-refractivity contribution in [1.29, 1.82) is 0 Å². The molecule has 2 nitrogen and oxygen atoms in total. The highest BCUT2D eigenvalue weighted by atomic mass is 35.5. The summed E-state index contributed by atoms with van der Waals surface area (Å²) in [5.74, 6) is -0.0259. The molecule has 16 heavy (non-hydrogen) atoms. The van der Waals surface area contributed by atoms with Gasteiger partial charge in [-0.15, -0.1) is 0 Å². The van der Waals surface area contributed by atoms with Crippen LogP contribution in [0.3, 0.4) is 0 Å². The molecule has 0 aliphatic carbocycles. The van der Waals surface area contributed by atoms with Gasteiger partial charge in [-0.25, -0.2) is 0 Å². The first-order valence-corrected chi connectivity index (χ1v) is 5.43. The lowest BCUT2D eigenvalue weighted by molar-refractivity contribution is -0.0504. The number of rotatable bonds is 5. The minimum Gasteiger partial charge on any atom is -0.433 e. The van der Waals surface area contributed by atoms with Crippen molar-refractivity contribution in [3.8, 4) is 5.75 Å². The summed E-state index contributed by atoms with van der Waals surface area (Å²) in [7, 11) is 0. The highest BCUT2D eigenvalue weighted by Gasteiger charge is 2.14. The van der Waals surface area contributed by atoms with E-state index in [-0.39, 0.29) is 10.8 Å². The van der Waals surface area contributed by atoms with Crippen LogP contribution in [0.5, 0.6) is 5.75 Å². The zero-order chi connectivity index (χ0) is 12.1. The zero-order valence-electron chi connectivity index (χ0n) is 8.57. The van der Waals surface area contributed by atoms with Crippen molar-refractivity contribution in [2.45, 2.75) is 20.1 Å². The number of hydrogen-bond donors (Lipinski definition) is 1. The molecule has 0 unspecified atom stereocenters. The van der Waals surface area contributed by atoms with Crippen LogP contribution >= 0.6 is 23.2 Å². The molecule has 0 saturated carbocycles. The maximum absolute atomic E-state index is 12.2. The lowest BCUT2D eigenvalue weighted by atomic mass is 10.2. The monoisotopic (exact) mass is 269 g/mol. The van der Waals surface area contributed by atoms with Crippen LogP contribution in [0.4, 0.5) is 8.78 Å². The summed E-state index contributed by atoms with van der Waals surface area (Å²) in [6, 6.07) is 2.92. The quantitative estimate of drug-likeness (QED) is 0.880. The molecule has 0 aromatic heterocycles. The lowest BCUT2D eigenvalue weighted by Gasteiger charge is -2.13. The van der Waals surface area contributed by atoms with Crippen LogP contribution in [0.2, 0.25) is 10.0 Å². The Morgan fingerprint density at radius 2 is 2.06 bits per heavy atom. The van der Waals surface area contributed by atoms with Gasteiger partial charge >= 0.3 is 6.61 Å². The van der Waals surface area contributed by atoms with Gasteiger partial charge in [0.25, 0.3) is 0 Å². The van der Waals surface area contributed by atoms with Gasteiger partial charge in [0.05, 0.1) is 5.02 Å². The van der Waals surface area contributed by atoms with E-state index in [1.807, 2.05) is 6.92 Å². The van der Waals surface area contributed by atoms with Crippen LogP contribution in [0, 0.1) is 0 Å². The predicted molar refractivity (Wildman–Crippen MR) is 60.5 cm³/mol. The Morgan fingerprint density at radius 3 is 2.62 bits per heavy atom. The third-order valence-electron chi connectivity index (χ3n) is 1.86. The summed E-state index contributed by atoms with van der Waals surface area (Å²) < 4.78 is 28.7. The molecule has 6 heteroatoms. The van der Waals surface area contributed by atoms with E-state index in [1.54, 1.807) is 6.07 Å². The Kier molecular flexibility index (Phi) is 5.25. The van der Waals surface area contributed by atoms with Gasteiger partial charge in [0.2, 0.25) is 0 Å². The number of halogens is 4. The molecule has 0 aliphatic rings. The minimum atomic E-state index is -2.90. The highest BCUT2D eigenvalue weighted by Crippen LogP contribution is 2.33. The van der Waals surface area contributed by atoms with Crippen molar-refractivity contribution in [1.82, 2.24) is 5.32 Å². The molecule has 1 aromatic carbocycles. The molecule has 0 heterocycles. The molecule has 0 aliphatic heterocycles. The minimum absolute atomic E-state index is 0.0259. The highest BCUT2D eigenvalue weighted by molar-refractivity contribution is 6.35. The summed E-state index contributed by atoms with van der Waals surface area (Å²) in [5, 5.41) is 3.46. The first-order valence-electron chi connectivity index (χ1n) is 4.68. The summed E-state index contributed by atoms with van der Waals surface area (Å²) in [6.45, 7) is 0.0794. The molecule has 0 bridgehead atoms. The van der Waals surface area contributed by atoms with E-state index >= 15 is 0 Å². The fourth-order valence-corrected chi connectivity index (χ4v) is 1.81. The van der Waals surface area contributed by atoms with Crippen LogP contribution < -0.4 is 10.1 Å². The maximum atomic E-state index is 12.2. The molecule has 1 rings (SSSR count). The van der Waals surface area contributed by atoms with E-state index < -0.39 is 6.61 Å². The second-order valence-electron chi connectivity index (χ2n) is 3.03. The molecule has 0 spiro atoms. The summed E-state index contributed by atoms with van der Waals surface area (Å²) in [4.78, 5) is 0. The Bertz CT molecular complexity index is 361. The fraction of sp³-hybridized carbons (Fsp3) is 0.400. The van der Waals surface area contributed by atoms with E-state index in [1.165, 1.54) is 6.07 Å². The topological polar surface area (TPSA) is 21.3 Å². The van der Waals surface area contributed by atoms with Crippen LogP contribution in [-0.2, 0) is 6.54 Å². The number of alkyl halides is 2. The Labute approximate surface area is 102 Å². The van der Waals surface area contributed by atoms with Gasteiger partial charge in [-0.3, -0.25) is 0 Å². The predicted octanol–water partition coefficient (Wildman–Crippen LogP) is 3.70. The molecule has 0 amide bonds. The van der Waals surface area contributed by atoms with Crippen molar-refractivity contribution in [2.24, 2.45) is 0 Å². The number of benzene rings is 1. The molecule has 1 N–H and O–H groups in total. The lowest BCUT2D eigenvalue weighted by Crippen LogP contribution is -2.14. The zero-order valence-corrected chi connectivity index (χ0v) is 10.1. The van der Waals surface area contributed by atoms with Gasteiger partial charge in [0.15, 0.2) is 0 Å². The van der Waals surface area contributed by atoms with Crippen LogP contribution in [0.25, 0.3) is 0 Å². The number of nitrogens with one attached hydrogen (secondary N) is 1. The largest absolute Gasteiger partial charge is 0.433 e. The van der Waals surface area contributed by atoms with Crippen LogP contribution in [-0.4, -0.2) is 13.2 Å². The van der Waals surface area contributed by atoms with Crippen LogP contribution in [0.15, 0.2) is 12.1 Å². The fourth-order valence-electron chi connectivity index (χ4n) is 1.23. The SMILES string of the molecule is CCNCc1cc(Cl)cc(Cl)c1OC(F)F. The van der Waals surface area contributed by atoms with Crippen molar-refractivity contribution in [3.63, 3.8) is 0 Å². The van der Waals surface area contributed by atoms with E-state index in [0.29, 0.717) is 23.7 Å². The van der Waals surface area contributed by atoms with E-state index in [2.05, 4.69) is 10.1 Å². The van der Waals surface area contributed by atoms with Gasteiger partial charge in [-0.1, -0.05) is 30.1 Å². The molecular weight excluding hydrogens is 259 g/mol. The molecule has 90 valence electrons. The van der Waals surface area contributed by atoms with Gasteiger partial charge in [0.1, 0.15) is 5.75 Å². The average Bonchev–Trinajstić information content (AvgIpc) is 2.19. The first-order chi connectivity index (χ1) is 7.54. The van der Waals surface area contributed by atoms with Gasteiger partial charge in [-0.2, -0.15) is 8.78 Å². The Hall–Kier alpha value is -0.580. The van der Waals surface area contributed by atoms with E-state index in [0.717, 1.165) is 0 Å². The molecular formula is C10H11Cl2F2NO. The molecule has 1 aromatic rings. The molecule has 0 radical (unpaired) electrons. The Morgan fingerprint density at radius 1 is 1.38 bits per heavy atom. The number of hydrogen-bond acceptors (Lipinski definition) is 2. The van der Waals surface area contributed by atoms with Gasteiger partial charge in [-0.05, 0) is 18.7 Å². The third-order valence-corrected chi connectivity index (χ3v) is 2.36. The van der Waals surface area contributed by atoms with Crippen molar-refractivity contribution in [2.75, 3.05) is 6.54 Å². The normalized spacial score (nSPS) is 10.9. The second kappa shape index (κ2) is 6.23. The van der Waals surface area contributed by atoms with Crippen LogP contribution in [0.1, 0.15) is 12.5 Å². The number of ether oxygens (including phenoxy) is 1. The second-order valence-corrected chi connectivity index (χ2v) is 3.88. The van der Waals surface area contributed by atoms with E-state index in [9.17, 15) is 8.78 Å². The Balaban J connectivity index is 3.00. The smallest absolute Gasteiger partial charge is 0.387 e. The van der Waals surface area contributed by atoms with Crippen molar-refractivity contribution < 1.29 is 13.5 Å². The average molecular weight is 270 g/mol. The van der Waals surface area contributed by atoms with E-state index in [4.69, 9.17) is 23.2 Å². The van der Waals surface area contributed by atoms with Gasteiger partial charge in [0, 0.05) is 17.1 Å². The summed E-state index contributed by atoms with van der Waals surface area (Å²) in [5.41, 5.74) is 0.514. The van der Waals surface area contributed by atoms with Gasteiger partial charge < -0.3 is 10.1 Å². The third kappa shape index (κ3) is 3.77. The first kappa shape index (κ1) is 13.5. The summed E-state index contributed by atoms with van der Waals surface area (Å²) in [6.07, 6.45) is 0. The molecule has 0 saturated heterocycles. The van der Waals surface area contributed by atoms with Crippen molar-refractivity contribution in [3.05, 3.63) is 27.7 Å². The molecule has 0 fully saturated rings. The standard InChI is InChI=1S/C10H11Cl2F2NO/c1-2-15-5-6-3-7(11)4-8(12)9(6)16-10(13)14/h3-4,10,15H,2,5H2,1H3. The molecule has 0 atom stereocenters.